The van der Waals surface area contributed by atoms with Crippen LogP contribution in [0.3, 0.4) is 0 Å². The van der Waals surface area contributed by atoms with E-state index in [1.807, 2.05) is 51.1 Å². The maximum Gasteiger partial charge on any atom is 0.266 e. The molecular weight excluding hydrogens is 478 g/mol. The summed E-state index contributed by atoms with van der Waals surface area (Å²) >= 11 is 1.30. The van der Waals surface area contributed by atoms with E-state index in [1.54, 1.807) is 30.1 Å². The number of nitrogens with zero attached hydrogens (tertiary/aromatic N) is 3. The smallest absolute Gasteiger partial charge is 0.266 e. The Kier molecular flexibility index (Phi) is 8.32. The Morgan fingerprint density at radius 2 is 1.94 bits per heavy atom. The second-order valence-corrected chi connectivity index (χ2v) is 9.64. The van der Waals surface area contributed by atoms with Crippen LogP contribution in [0.1, 0.15) is 36.7 Å². The molecule has 2 saturated heterocycles. The van der Waals surface area contributed by atoms with Crippen LogP contribution in [0.15, 0.2) is 52.4 Å². The van der Waals surface area contributed by atoms with Gasteiger partial charge in [0.25, 0.3) is 11.8 Å². The standard InChI is InChI=1S/C27H31N3O5S/c1-5-34-23-15-19(9-10-22(23)35-18(2)3)16-24-26(32)29(4)27(36-24)28-21-8-6-7-20(17-21)25(31)30-11-13-33-14-12-30/h6-10,15-18H,5,11-14H2,1-4H3/b24-16+,28-27?. The number of benzene rings is 2. The van der Waals surface area contributed by atoms with Crippen molar-refractivity contribution in [2.45, 2.75) is 26.9 Å². The molecular formula is C27H31N3O5S. The lowest BCUT2D eigenvalue weighted by molar-refractivity contribution is -0.121. The van der Waals surface area contributed by atoms with Gasteiger partial charge >= 0.3 is 0 Å². The number of morpholine rings is 1. The Morgan fingerprint density at radius 3 is 2.67 bits per heavy atom. The Hall–Kier alpha value is -3.30. The molecule has 0 aromatic heterocycles. The van der Waals surface area contributed by atoms with Crippen molar-refractivity contribution >= 4 is 40.5 Å². The molecule has 0 saturated carbocycles. The van der Waals surface area contributed by atoms with Gasteiger partial charge in [-0.2, -0.15) is 0 Å². The van der Waals surface area contributed by atoms with Crippen LogP contribution in [0.2, 0.25) is 0 Å². The number of thioether (sulfide) groups is 1. The summed E-state index contributed by atoms with van der Waals surface area (Å²) < 4.78 is 16.9. The molecule has 0 aliphatic carbocycles. The maximum absolute atomic E-state index is 12.9. The Labute approximate surface area is 215 Å². The molecule has 9 heteroatoms. The third-order valence-corrected chi connectivity index (χ3v) is 6.61. The fourth-order valence-corrected chi connectivity index (χ4v) is 4.79. The van der Waals surface area contributed by atoms with E-state index in [1.165, 1.54) is 16.7 Å². The Balaban J connectivity index is 1.55. The predicted octanol–water partition coefficient (Wildman–Crippen LogP) is 4.58. The molecule has 2 amide bonds. The van der Waals surface area contributed by atoms with Gasteiger partial charge in [-0.25, -0.2) is 4.99 Å². The first-order valence-corrected chi connectivity index (χ1v) is 12.8. The van der Waals surface area contributed by atoms with Crippen LogP contribution in [-0.2, 0) is 9.53 Å². The van der Waals surface area contributed by atoms with Crippen LogP contribution >= 0.6 is 11.8 Å². The first-order valence-electron chi connectivity index (χ1n) is 12.0. The van der Waals surface area contributed by atoms with Crippen LogP contribution in [0.4, 0.5) is 5.69 Å². The number of likely N-dealkylation sites (N-methyl/N-ethyl adjacent to an activating group) is 1. The van der Waals surface area contributed by atoms with Crippen LogP contribution < -0.4 is 9.47 Å². The number of amidine groups is 1. The van der Waals surface area contributed by atoms with E-state index in [2.05, 4.69) is 4.99 Å². The minimum atomic E-state index is -0.139. The first-order chi connectivity index (χ1) is 17.4. The molecule has 36 heavy (non-hydrogen) atoms. The highest BCUT2D eigenvalue weighted by Gasteiger charge is 2.30. The van der Waals surface area contributed by atoms with Crippen molar-refractivity contribution < 1.29 is 23.8 Å². The molecule has 0 N–H and O–H groups in total. The van der Waals surface area contributed by atoms with Gasteiger partial charge < -0.3 is 19.1 Å². The maximum atomic E-state index is 12.9. The molecule has 2 fully saturated rings. The molecule has 4 rings (SSSR count). The van der Waals surface area contributed by atoms with Gasteiger partial charge in [-0.15, -0.1) is 0 Å². The number of ether oxygens (including phenoxy) is 3. The molecule has 8 nitrogen and oxygen atoms in total. The zero-order valence-corrected chi connectivity index (χ0v) is 21.8. The summed E-state index contributed by atoms with van der Waals surface area (Å²) in [5.41, 5.74) is 2.02. The number of carbonyl (C=O) groups excluding carboxylic acids is 2. The summed E-state index contributed by atoms with van der Waals surface area (Å²) in [4.78, 5) is 34.3. The van der Waals surface area contributed by atoms with E-state index in [0.717, 1.165) is 5.56 Å². The number of amides is 2. The molecule has 0 spiro atoms. The van der Waals surface area contributed by atoms with Crippen molar-refractivity contribution in [2.24, 2.45) is 4.99 Å². The molecule has 0 unspecified atom stereocenters. The molecule has 2 aliphatic heterocycles. The SMILES string of the molecule is CCOc1cc(/C=C2/SC(=Nc3cccc(C(=O)N4CCOCC4)c3)N(C)C2=O)ccc1OC(C)C. The summed E-state index contributed by atoms with van der Waals surface area (Å²) in [5.74, 6) is 1.13. The van der Waals surface area contributed by atoms with E-state index in [4.69, 9.17) is 14.2 Å². The van der Waals surface area contributed by atoms with Gasteiger partial charge in [0.15, 0.2) is 16.7 Å². The van der Waals surface area contributed by atoms with Crippen molar-refractivity contribution in [3.63, 3.8) is 0 Å². The topological polar surface area (TPSA) is 80.7 Å². The number of aliphatic imine (C=N–C) groups is 1. The summed E-state index contributed by atoms with van der Waals surface area (Å²) in [6, 6.07) is 12.8. The third kappa shape index (κ3) is 6.09. The summed E-state index contributed by atoms with van der Waals surface area (Å²) in [7, 11) is 1.70. The van der Waals surface area contributed by atoms with Gasteiger partial charge in [0.05, 0.1) is 36.5 Å². The first kappa shape index (κ1) is 25.8. The number of carbonyl (C=O) groups is 2. The van der Waals surface area contributed by atoms with Gasteiger partial charge in [0.2, 0.25) is 0 Å². The van der Waals surface area contributed by atoms with Crippen LogP contribution in [0.5, 0.6) is 11.5 Å². The van der Waals surface area contributed by atoms with Crippen LogP contribution in [0, 0.1) is 0 Å². The van der Waals surface area contributed by atoms with E-state index in [-0.39, 0.29) is 17.9 Å². The fourth-order valence-electron chi connectivity index (χ4n) is 3.80. The van der Waals surface area contributed by atoms with Crippen molar-refractivity contribution in [3.8, 4) is 11.5 Å². The van der Waals surface area contributed by atoms with Gasteiger partial charge in [-0.1, -0.05) is 12.1 Å². The van der Waals surface area contributed by atoms with Crippen molar-refractivity contribution in [2.75, 3.05) is 40.0 Å². The molecule has 0 radical (unpaired) electrons. The third-order valence-electron chi connectivity index (χ3n) is 5.55. The highest BCUT2D eigenvalue weighted by molar-refractivity contribution is 8.18. The van der Waals surface area contributed by atoms with Crippen molar-refractivity contribution in [1.29, 1.82) is 0 Å². The number of rotatable bonds is 7. The van der Waals surface area contributed by atoms with Gasteiger partial charge in [0, 0.05) is 25.7 Å². The lowest BCUT2D eigenvalue weighted by atomic mass is 10.1. The van der Waals surface area contributed by atoms with Crippen LogP contribution in [0.25, 0.3) is 6.08 Å². The summed E-state index contributed by atoms with van der Waals surface area (Å²) in [6.07, 6.45) is 1.85. The number of hydrogen-bond donors (Lipinski definition) is 0. The van der Waals surface area contributed by atoms with Gasteiger partial charge in [-0.05, 0) is 74.5 Å². The predicted molar refractivity (Wildman–Crippen MR) is 142 cm³/mol. The largest absolute Gasteiger partial charge is 0.490 e. The van der Waals surface area contributed by atoms with Gasteiger partial charge in [0.1, 0.15) is 0 Å². The molecule has 2 aliphatic rings. The fraction of sp³-hybridized carbons (Fsp3) is 0.370. The minimum absolute atomic E-state index is 0.0236. The van der Waals surface area contributed by atoms with E-state index in [0.29, 0.717) is 65.7 Å². The monoisotopic (exact) mass is 509 g/mol. The highest BCUT2D eigenvalue weighted by Crippen LogP contribution is 2.35. The second-order valence-electron chi connectivity index (χ2n) is 8.63. The average Bonchev–Trinajstić information content (AvgIpc) is 3.13. The summed E-state index contributed by atoms with van der Waals surface area (Å²) in [5, 5.41) is 0.548. The highest BCUT2D eigenvalue weighted by atomic mass is 32.2. The zero-order chi connectivity index (χ0) is 25.7. The molecule has 2 heterocycles. The van der Waals surface area contributed by atoms with Crippen molar-refractivity contribution in [3.05, 3.63) is 58.5 Å². The molecule has 2 aromatic carbocycles. The quantitative estimate of drug-likeness (QED) is 0.509. The minimum Gasteiger partial charge on any atom is -0.490 e. The average molecular weight is 510 g/mol. The Bertz CT molecular complexity index is 1190. The summed E-state index contributed by atoms with van der Waals surface area (Å²) in [6.45, 7) is 8.60. The lowest BCUT2D eigenvalue weighted by Crippen LogP contribution is -2.40. The van der Waals surface area contributed by atoms with Gasteiger partial charge in [-0.3, -0.25) is 14.5 Å². The molecule has 0 atom stereocenters. The second kappa shape index (κ2) is 11.6. The van der Waals surface area contributed by atoms with Crippen molar-refractivity contribution in [1.82, 2.24) is 9.80 Å². The van der Waals surface area contributed by atoms with E-state index in [9.17, 15) is 9.59 Å². The van der Waals surface area contributed by atoms with Crippen LogP contribution in [-0.4, -0.2) is 72.8 Å². The normalized spacial score (nSPS) is 18.4. The Morgan fingerprint density at radius 1 is 1.17 bits per heavy atom. The zero-order valence-electron chi connectivity index (χ0n) is 21.0. The molecule has 0 bridgehead atoms. The van der Waals surface area contributed by atoms with E-state index >= 15 is 0 Å². The molecule has 2 aromatic rings. The van der Waals surface area contributed by atoms with E-state index < -0.39 is 0 Å². The number of hydrogen-bond acceptors (Lipinski definition) is 7. The molecule has 190 valence electrons. The lowest BCUT2D eigenvalue weighted by Gasteiger charge is -2.26.